The van der Waals surface area contributed by atoms with Crippen molar-refractivity contribution in [2.75, 3.05) is 6.61 Å². The van der Waals surface area contributed by atoms with Gasteiger partial charge in [0.2, 0.25) is 0 Å². The van der Waals surface area contributed by atoms with Crippen LogP contribution in [0.5, 0.6) is 5.75 Å². The second-order valence-corrected chi connectivity index (χ2v) is 3.29. The second kappa shape index (κ2) is 3.46. The monoisotopic (exact) mass is 215 g/mol. The third kappa shape index (κ3) is 1.32. The molecule has 1 aliphatic heterocycles. The lowest BCUT2D eigenvalue weighted by Crippen LogP contribution is -2.17. The first-order valence-electron chi connectivity index (χ1n) is 4.06. The van der Waals surface area contributed by atoms with Crippen molar-refractivity contribution in [2.24, 2.45) is 5.16 Å². The van der Waals surface area contributed by atoms with Crippen LogP contribution in [-0.4, -0.2) is 17.5 Å². The summed E-state index contributed by atoms with van der Waals surface area (Å²) in [5, 5.41) is 11.8. The molecule has 0 aromatic heterocycles. The molecule has 1 aromatic carbocycles. The van der Waals surface area contributed by atoms with Crippen LogP contribution in [0, 0.1) is 5.82 Å². The lowest BCUT2D eigenvalue weighted by atomic mass is 10.0. The standard InChI is InChI=1S/C9H7ClFNO2/c10-6-2-1-5-7(12-13)3-4-14-9(5)8(6)11/h1-2,13H,3-4H2. The van der Waals surface area contributed by atoms with Gasteiger partial charge in [-0.15, -0.1) is 0 Å². The van der Waals surface area contributed by atoms with Crippen molar-refractivity contribution in [3.63, 3.8) is 0 Å². The molecule has 0 atom stereocenters. The molecule has 2 rings (SSSR count). The van der Waals surface area contributed by atoms with Crippen LogP contribution in [0.15, 0.2) is 17.3 Å². The Bertz CT molecular complexity index is 406. The van der Waals surface area contributed by atoms with E-state index in [2.05, 4.69) is 5.16 Å². The number of hydrogen-bond acceptors (Lipinski definition) is 3. The average molecular weight is 216 g/mol. The van der Waals surface area contributed by atoms with Crippen molar-refractivity contribution in [3.8, 4) is 5.75 Å². The molecule has 0 unspecified atom stereocenters. The Morgan fingerprint density at radius 1 is 1.50 bits per heavy atom. The summed E-state index contributed by atoms with van der Waals surface area (Å²) in [5.41, 5.74) is 0.877. The first-order valence-corrected chi connectivity index (χ1v) is 4.44. The zero-order valence-corrected chi connectivity index (χ0v) is 7.88. The fourth-order valence-electron chi connectivity index (χ4n) is 1.39. The van der Waals surface area contributed by atoms with Crippen LogP contribution in [0.2, 0.25) is 5.02 Å². The molecular formula is C9H7ClFNO2. The molecule has 0 spiro atoms. The molecule has 1 heterocycles. The van der Waals surface area contributed by atoms with Crippen LogP contribution < -0.4 is 4.74 Å². The minimum atomic E-state index is -0.606. The predicted molar refractivity (Wildman–Crippen MR) is 49.8 cm³/mol. The van der Waals surface area contributed by atoms with Crippen molar-refractivity contribution in [1.82, 2.24) is 0 Å². The molecule has 1 N–H and O–H groups in total. The molecule has 0 saturated heterocycles. The molecule has 5 heteroatoms. The van der Waals surface area contributed by atoms with Gasteiger partial charge in [0.1, 0.15) is 0 Å². The summed E-state index contributed by atoms with van der Waals surface area (Å²) in [6.07, 6.45) is 0.463. The van der Waals surface area contributed by atoms with E-state index >= 15 is 0 Å². The van der Waals surface area contributed by atoms with E-state index in [4.69, 9.17) is 21.5 Å². The quantitative estimate of drug-likeness (QED) is 0.534. The third-order valence-corrected chi connectivity index (χ3v) is 2.36. The van der Waals surface area contributed by atoms with Gasteiger partial charge in [0.25, 0.3) is 0 Å². The summed E-state index contributed by atoms with van der Waals surface area (Å²) in [6.45, 7) is 0.295. The van der Waals surface area contributed by atoms with Gasteiger partial charge in [0, 0.05) is 12.0 Å². The Morgan fingerprint density at radius 2 is 2.29 bits per heavy atom. The Balaban J connectivity index is 2.62. The van der Waals surface area contributed by atoms with Gasteiger partial charge in [-0.2, -0.15) is 0 Å². The highest BCUT2D eigenvalue weighted by Crippen LogP contribution is 2.32. The van der Waals surface area contributed by atoms with Crippen molar-refractivity contribution in [1.29, 1.82) is 0 Å². The minimum absolute atomic E-state index is 0.00272. The van der Waals surface area contributed by atoms with E-state index in [1.807, 2.05) is 0 Å². The number of ether oxygens (including phenoxy) is 1. The van der Waals surface area contributed by atoms with Gasteiger partial charge in [0.05, 0.1) is 17.3 Å². The van der Waals surface area contributed by atoms with Crippen molar-refractivity contribution in [2.45, 2.75) is 6.42 Å². The maximum absolute atomic E-state index is 13.4. The molecule has 0 aliphatic carbocycles. The van der Waals surface area contributed by atoms with E-state index in [0.717, 1.165) is 0 Å². The van der Waals surface area contributed by atoms with Gasteiger partial charge < -0.3 is 9.94 Å². The summed E-state index contributed by atoms with van der Waals surface area (Å²) < 4.78 is 18.5. The number of rotatable bonds is 0. The smallest absolute Gasteiger partial charge is 0.184 e. The summed E-state index contributed by atoms with van der Waals surface area (Å²) in [5.74, 6) is -0.540. The zero-order valence-electron chi connectivity index (χ0n) is 7.13. The Morgan fingerprint density at radius 3 is 3.00 bits per heavy atom. The number of nitrogens with zero attached hydrogens (tertiary/aromatic N) is 1. The molecule has 74 valence electrons. The van der Waals surface area contributed by atoms with E-state index in [1.165, 1.54) is 6.07 Å². The van der Waals surface area contributed by atoms with Gasteiger partial charge in [0.15, 0.2) is 11.6 Å². The maximum atomic E-state index is 13.4. The number of fused-ring (bicyclic) bond motifs is 1. The van der Waals surface area contributed by atoms with E-state index in [-0.39, 0.29) is 10.8 Å². The second-order valence-electron chi connectivity index (χ2n) is 2.88. The van der Waals surface area contributed by atoms with E-state index in [1.54, 1.807) is 6.07 Å². The molecule has 0 fully saturated rings. The van der Waals surface area contributed by atoms with Gasteiger partial charge >= 0.3 is 0 Å². The predicted octanol–water partition coefficient (Wildman–Crippen LogP) is 2.44. The van der Waals surface area contributed by atoms with Gasteiger partial charge in [-0.05, 0) is 12.1 Å². The topological polar surface area (TPSA) is 41.8 Å². The third-order valence-electron chi connectivity index (χ3n) is 2.07. The lowest BCUT2D eigenvalue weighted by molar-refractivity contribution is 0.289. The molecule has 0 bridgehead atoms. The summed E-state index contributed by atoms with van der Waals surface area (Å²) in [7, 11) is 0. The zero-order chi connectivity index (χ0) is 10.1. The molecule has 14 heavy (non-hydrogen) atoms. The number of hydrogen-bond donors (Lipinski definition) is 1. The summed E-state index contributed by atoms with van der Waals surface area (Å²) >= 11 is 5.58. The molecule has 1 aromatic rings. The van der Waals surface area contributed by atoms with Crippen LogP contribution in [0.1, 0.15) is 12.0 Å². The fraction of sp³-hybridized carbons (Fsp3) is 0.222. The van der Waals surface area contributed by atoms with Crippen LogP contribution in [0.4, 0.5) is 4.39 Å². The Labute approximate surface area is 84.7 Å². The number of benzene rings is 1. The molecule has 0 saturated carbocycles. The van der Waals surface area contributed by atoms with E-state index in [0.29, 0.717) is 24.3 Å². The van der Waals surface area contributed by atoms with E-state index in [9.17, 15) is 4.39 Å². The normalized spacial score (nSPS) is 17.7. The molecular weight excluding hydrogens is 209 g/mol. The minimum Gasteiger partial charge on any atom is -0.489 e. The van der Waals surface area contributed by atoms with Gasteiger partial charge in [-0.3, -0.25) is 0 Å². The van der Waals surface area contributed by atoms with Crippen LogP contribution in [-0.2, 0) is 0 Å². The fourth-order valence-corrected chi connectivity index (χ4v) is 1.54. The first kappa shape index (κ1) is 9.27. The van der Waals surface area contributed by atoms with Crippen LogP contribution in [0.3, 0.4) is 0 Å². The van der Waals surface area contributed by atoms with E-state index < -0.39 is 5.82 Å². The van der Waals surface area contributed by atoms with Crippen molar-refractivity contribution < 1.29 is 14.3 Å². The Kier molecular flexibility index (Phi) is 2.29. The highest BCUT2D eigenvalue weighted by Gasteiger charge is 2.22. The highest BCUT2D eigenvalue weighted by molar-refractivity contribution is 6.31. The van der Waals surface area contributed by atoms with Gasteiger partial charge in [-0.1, -0.05) is 16.8 Å². The van der Waals surface area contributed by atoms with Crippen molar-refractivity contribution in [3.05, 3.63) is 28.5 Å². The molecule has 0 amide bonds. The highest BCUT2D eigenvalue weighted by atomic mass is 35.5. The lowest BCUT2D eigenvalue weighted by Gasteiger charge is -2.18. The maximum Gasteiger partial charge on any atom is 0.184 e. The molecule has 3 nitrogen and oxygen atoms in total. The van der Waals surface area contributed by atoms with Crippen LogP contribution in [0.25, 0.3) is 0 Å². The van der Waals surface area contributed by atoms with Gasteiger partial charge in [-0.25, -0.2) is 4.39 Å². The largest absolute Gasteiger partial charge is 0.489 e. The van der Waals surface area contributed by atoms with Crippen LogP contribution >= 0.6 is 11.6 Å². The summed E-state index contributed by atoms with van der Waals surface area (Å²) in [4.78, 5) is 0. The Hall–Kier alpha value is -1.29. The van der Waals surface area contributed by atoms with Crippen molar-refractivity contribution >= 4 is 17.3 Å². The molecule has 0 radical (unpaired) electrons. The molecule has 1 aliphatic rings. The number of halogens is 2. The summed E-state index contributed by atoms with van der Waals surface area (Å²) in [6, 6.07) is 2.99. The first-order chi connectivity index (χ1) is 6.74. The number of oxime groups is 1. The SMILES string of the molecule is ON=C1CCOc2c1ccc(Cl)c2F. The average Bonchev–Trinajstić information content (AvgIpc) is 2.23.